The van der Waals surface area contributed by atoms with Crippen LogP contribution in [0.1, 0.15) is 0 Å². The smallest absolute Gasteiger partial charge is 0.0984 e. The van der Waals surface area contributed by atoms with Crippen LogP contribution in [0.25, 0.3) is 105 Å². The van der Waals surface area contributed by atoms with Crippen molar-refractivity contribution in [1.29, 1.82) is 0 Å². The highest BCUT2D eigenvalue weighted by atomic mass is 15.0. The topological polar surface area (TPSA) is 53.5 Å². The number of benzene rings is 6. The highest BCUT2D eigenvalue weighted by Gasteiger charge is 2.25. The first-order valence-corrected chi connectivity index (χ1v) is 19.2. The van der Waals surface area contributed by atoms with Crippen LogP contribution >= 0.6 is 0 Å². The Morgan fingerprint density at radius 3 is 1.53 bits per heavy atom. The third-order valence-corrected chi connectivity index (χ3v) is 11.4. The first kappa shape index (κ1) is 31.5. The van der Waals surface area contributed by atoms with E-state index in [0.29, 0.717) is 0 Å². The molecule has 0 aliphatic heterocycles. The quantitative estimate of drug-likeness (QED) is 0.177. The second-order valence-electron chi connectivity index (χ2n) is 14.5. The van der Waals surface area contributed by atoms with E-state index in [2.05, 4.69) is 169 Å². The molecular formula is C51H32N6. The minimum atomic E-state index is 0.941. The minimum Gasteiger partial charge on any atom is -0.309 e. The minimum absolute atomic E-state index is 0.941. The first-order chi connectivity index (χ1) is 28.3. The Balaban J connectivity index is 1.22. The van der Waals surface area contributed by atoms with Crippen molar-refractivity contribution >= 4 is 65.5 Å². The lowest BCUT2D eigenvalue weighted by molar-refractivity contribution is 1.17. The summed E-state index contributed by atoms with van der Waals surface area (Å²) in [5.74, 6) is 0. The zero-order valence-electron chi connectivity index (χ0n) is 30.7. The summed E-state index contributed by atoms with van der Waals surface area (Å²) in [4.78, 5) is 14.5. The Bertz CT molecular complexity index is 3290. The van der Waals surface area contributed by atoms with Crippen molar-refractivity contribution in [3.05, 3.63) is 195 Å². The molecule has 6 heterocycles. The molecule has 266 valence electrons. The highest BCUT2D eigenvalue weighted by Crippen LogP contribution is 2.46. The van der Waals surface area contributed by atoms with E-state index in [9.17, 15) is 0 Å². The maximum atomic E-state index is 5.12. The van der Waals surface area contributed by atoms with Crippen LogP contribution in [-0.4, -0.2) is 28.7 Å². The molecule has 0 aliphatic carbocycles. The van der Waals surface area contributed by atoms with Crippen LogP contribution in [0.2, 0.25) is 0 Å². The predicted octanol–water partition coefficient (Wildman–Crippen LogP) is 12.5. The first-order valence-electron chi connectivity index (χ1n) is 19.2. The van der Waals surface area contributed by atoms with Crippen molar-refractivity contribution in [2.75, 3.05) is 0 Å². The predicted molar refractivity (Wildman–Crippen MR) is 234 cm³/mol. The van der Waals surface area contributed by atoms with Gasteiger partial charge in [-0.1, -0.05) is 84.9 Å². The van der Waals surface area contributed by atoms with Crippen LogP contribution < -0.4 is 0 Å². The number of pyridine rings is 3. The molecule has 12 rings (SSSR count). The zero-order valence-corrected chi connectivity index (χ0v) is 30.7. The van der Waals surface area contributed by atoms with Crippen LogP contribution in [0.15, 0.2) is 195 Å². The van der Waals surface area contributed by atoms with Gasteiger partial charge in [0.1, 0.15) is 0 Å². The van der Waals surface area contributed by atoms with Gasteiger partial charge in [-0.25, -0.2) is 0 Å². The molecule has 0 aliphatic rings. The highest BCUT2D eigenvalue weighted by molar-refractivity contribution is 6.31. The average molecular weight is 729 g/mol. The number of aromatic nitrogens is 6. The van der Waals surface area contributed by atoms with Gasteiger partial charge in [0.25, 0.3) is 0 Å². The Labute approximate surface area is 327 Å². The summed E-state index contributed by atoms with van der Waals surface area (Å²) >= 11 is 0. The van der Waals surface area contributed by atoms with Gasteiger partial charge in [-0.3, -0.25) is 15.0 Å². The van der Waals surface area contributed by atoms with Crippen molar-refractivity contribution in [1.82, 2.24) is 28.7 Å². The van der Waals surface area contributed by atoms with Crippen molar-refractivity contribution in [2.24, 2.45) is 0 Å². The fourth-order valence-electron chi connectivity index (χ4n) is 9.02. The van der Waals surface area contributed by atoms with Gasteiger partial charge in [0, 0.05) is 68.3 Å². The second kappa shape index (κ2) is 12.3. The fraction of sp³-hybridized carbons (Fsp3) is 0. The molecule has 6 nitrogen and oxygen atoms in total. The van der Waals surface area contributed by atoms with Gasteiger partial charge in [-0.2, -0.15) is 0 Å². The van der Waals surface area contributed by atoms with E-state index < -0.39 is 0 Å². The maximum absolute atomic E-state index is 5.12. The van der Waals surface area contributed by atoms with E-state index in [-0.39, 0.29) is 0 Å². The lowest BCUT2D eigenvalue weighted by atomic mass is 10.1. The molecule has 0 bridgehead atoms. The summed E-state index contributed by atoms with van der Waals surface area (Å²) < 4.78 is 7.24. The number of hydrogen-bond donors (Lipinski definition) is 0. The maximum Gasteiger partial charge on any atom is 0.0984 e. The Morgan fingerprint density at radius 1 is 0.316 bits per heavy atom. The van der Waals surface area contributed by atoms with E-state index in [1.807, 2.05) is 48.9 Å². The lowest BCUT2D eigenvalue weighted by Gasteiger charge is -2.12. The molecule has 12 aromatic rings. The molecule has 0 amide bonds. The van der Waals surface area contributed by atoms with E-state index in [4.69, 9.17) is 4.98 Å². The lowest BCUT2D eigenvalue weighted by Crippen LogP contribution is -1.96. The largest absolute Gasteiger partial charge is 0.309 e. The molecular weight excluding hydrogens is 697 g/mol. The fourth-order valence-corrected chi connectivity index (χ4v) is 9.02. The van der Waals surface area contributed by atoms with Gasteiger partial charge in [-0.05, 0) is 91.0 Å². The van der Waals surface area contributed by atoms with Crippen molar-refractivity contribution in [3.63, 3.8) is 0 Å². The summed E-state index contributed by atoms with van der Waals surface area (Å²) in [6.45, 7) is 0. The Kier molecular flexibility index (Phi) is 6.83. The molecule has 0 saturated heterocycles. The second-order valence-corrected chi connectivity index (χ2v) is 14.5. The third kappa shape index (κ3) is 4.68. The van der Waals surface area contributed by atoms with Gasteiger partial charge in [0.15, 0.2) is 0 Å². The van der Waals surface area contributed by atoms with Crippen LogP contribution in [0.3, 0.4) is 0 Å². The average Bonchev–Trinajstić information content (AvgIpc) is 3.93. The van der Waals surface area contributed by atoms with Crippen LogP contribution in [-0.2, 0) is 0 Å². The molecule has 6 heteroatoms. The standard InChI is InChI=1S/C51H32N6/c1-2-15-35(16-3-1)57-50-38(24-26-44-47(50)40-19-4-5-22-43(40)55(44)36-17-10-13-33(31-36)41-20-6-8-28-52-41)39-25-27-45-48(51(39)57)49-46(23-12-30-54-49)56(45)37-18-11-14-34(32-37)42-21-7-9-29-53-42/h1-32H. The van der Waals surface area contributed by atoms with E-state index in [0.717, 1.165) is 78.1 Å². The summed E-state index contributed by atoms with van der Waals surface area (Å²) in [7, 11) is 0. The molecule has 0 unspecified atom stereocenters. The van der Waals surface area contributed by atoms with Gasteiger partial charge in [-0.15, -0.1) is 0 Å². The van der Waals surface area contributed by atoms with Crippen molar-refractivity contribution in [2.45, 2.75) is 0 Å². The monoisotopic (exact) mass is 728 g/mol. The number of hydrogen-bond acceptors (Lipinski definition) is 3. The molecule has 0 radical (unpaired) electrons. The third-order valence-electron chi connectivity index (χ3n) is 11.4. The Hall–Kier alpha value is -7.83. The van der Waals surface area contributed by atoms with Crippen molar-refractivity contribution in [3.8, 4) is 39.6 Å². The molecule has 6 aromatic heterocycles. The molecule has 0 N–H and O–H groups in total. The normalized spacial score (nSPS) is 11.9. The summed E-state index contributed by atoms with van der Waals surface area (Å²) in [6, 6.07) is 62.4. The summed E-state index contributed by atoms with van der Waals surface area (Å²) in [6.07, 6.45) is 5.61. The van der Waals surface area contributed by atoms with Crippen LogP contribution in [0.4, 0.5) is 0 Å². The molecule has 57 heavy (non-hydrogen) atoms. The molecule has 0 atom stereocenters. The summed E-state index contributed by atoms with van der Waals surface area (Å²) in [5.41, 5.74) is 15.0. The van der Waals surface area contributed by atoms with Crippen molar-refractivity contribution < 1.29 is 0 Å². The van der Waals surface area contributed by atoms with Crippen LogP contribution in [0, 0.1) is 0 Å². The SMILES string of the molecule is c1ccc(-n2c3c(ccc4c3c3ccccc3n4-c3cccc(-c4ccccn4)c3)c3ccc4c(c5ncccc5n4-c4cccc(-c5ccccn5)c4)c32)cc1. The van der Waals surface area contributed by atoms with Crippen LogP contribution in [0.5, 0.6) is 0 Å². The number of para-hydroxylation sites is 2. The van der Waals surface area contributed by atoms with E-state index in [1.54, 1.807) is 0 Å². The van der Waals surface area contributed by atoms with Gasteiger partial charge >= 0.3 is 0 Å². The molecule has 6 aromatic carbocycles. The Morgan fingerprint density at radius 2 is 0.860 bits per heavy atom. The number of rotatable bonds is 5. The zero-order chi connectivity index (χ0) is 37.5. The van der Waals surface area contributed by atoms with Gasteiger partial charge in [0.2, 0.25) is 0 Å². The summed E-state index contributed by atoms with van der Waals surface area (Å²) in [5, 5.41) is 5.90. The molecule has 0 saturated carbocycles. The number of fused-ring (bicyclic) bond motifs is 11. The van der Waals surface area contributed by atoms with Gasteiger partial charge < -0.3 is 13.7 Å². The molecule has 0 fully saturated rings. The van der Waals surface area contributed by atoms with E-state index in [1.165, 1.54) is 27.1 Å². The molecule has 0 spiro atoms. The van der Waals surface area contributed by atoms with E-state index >= 15 is 0 Å². The number of nitrogens with zero attached hydrogens (tertiary/aromatic N) is 6. The van der Waals surface area contributed by atoms with Gasteiger partial charge in [0.05, 0.1) is 55.4 Å².